The number of carbonyl (C=O) groups excluding carboxylic acids is 1. The van der Waals surface area contributed by atoms with Crippen molar-refractivity contribution in [3.05, 3.63) is 29.3 Å². The summed E-state index contributed by atoms with van der Waals surface area (Å²) in [6.45, 7) is 4.84. The van der Waals surface area contributed by atoms with Gasteiger partial charge in [0, 0.05) is 12.2 Å². The van der Waals surface area contributed by atoms with Gasteiger partial charge in [0.2, 0.25) is 5.91 Å². The van der Waals surface area contributed by atoms with E-state index in [1.54, 1.807) is 0 Å². The molecule has 1 fully saturated rings. The molecule has 0 spiro atoms. The summed E-state index contributed by atoms with van der Waals surface area (Å²) in [5.41, 5.74) is 3.05. The highest BCUT2D eigenvalue weighted by Crippen LogP contribution is 2.41. The fourth-order valence-electron chi connectivity index (χ4n) is 2.55. The van der Waals surface area contributed by atoms with Crippen molar-refractivity contribution in [2.24, 2.45) is 5.41 Å². The lowest BCUT2D eigenvalue weighted by atomic mass is 9.68. The number of rotatable bonds is 4. The third kappa shape index (κ3) is 2.41. The van der Waals surface area contributed by atoms with Crippen LogP contribution in [0.25, 0.3) is 0 Å². The van der Waals surface area contributed by atoms with E-state index in [-0.39, 0.29) is 11.3 Å². The van der Waals surface area contributed by atoms with Gasteiger partial charge in [0.25, 0.3) is 0 Å². The topological polar surface area (TPSA) is 41.1 Å². The first kappa shape index (κ1) is 13.1. The third-order valence-electron chi connectivity index (χ3n) is 3.95. The number of aryl methyl sites for hydroxylation is 2. The minimum atomic E-state index is -0.190. The molecule has 0 aliphatic heterocycles. The Kier molecular flexibility index (Phi) is 3.71. The van der Waals surface area contributed by atoms with Crippen LogP contribution in [0, 0.1) is 19.3 Å². The predicted molar refractivity (Wildman–Crippen MR) is 74.8 cm³/mol. The molecule has 1 aromatic rings. The molecule has 0 radical (unpaired) electrons. The van der Waals surface area contributed by atoms with Crippen LogP contribution in [-0.4, -0.2) is 19.5 Å². The van der Waals surface area contributed by atoms with E-state index in [2.05, 4.69) is 22.8 Å². The van der Waals surface area contributed by atoms with Crippen molar-refractivity contribution in [1.82, 2.24) is 5.32 Å². The maximum atomic E-state index is 12.4. The van der Waals surface area contributed by atoms with Gasteiger partial charge in [-0.3, -0.25) is 4.79 Å². The van der Waals surface area contributed by atoms with E-state index in [4.69, 9.17) is 0 Å². The molecule has 18 heavy (non-hydrogen) atoms. The fraction of sp³-hybridized carbons (Fsp3) is 0.533. The zero-order valence-corrected chi connectivity index (χ0v) is 11.5. The Morgan fingerprint density at radius 1 is 1.33 bits per heavy atom. The standard InChI is InChI=1S/C15H22N2O/c1-11-5-6-12(2)13(9-11)17-14(18)15(10-16-3)7-4-8-15/h5-6,9,16H,4,7-8,10H2,1-3H3,(H,17,18). The zero-order valence-electron chi connectivity index (χ0n) is 11.5. The molecule has 0 heterocycles. The molecule has 1 aromatic carbocycles. The molecule has 98 valence electrons. The Morgan fingerprint density at radius 3 is 2.61 bits per heavy atom. The van der Waals surface area contributed by atoms with E-state index in [1.807, 2.05) is 27.0 Å². The predicted octanol–water partition coefficient (Wildman–Crippen LogP) is 2.63. The lowest BCUT2D eigenvalue weighted by molar-refractivity contribution is -0.129. The van der Waals surface area contributed by atoms with Crippen molar-refractivity contribution in [3.63, 3.8) is 0 Å². The summed E-state index contributed by atoms with van der Waals surface area (Å²) in [5.74, 6) is 0.164. The lowest BCUT2D eigenvalue weighted by Crippen LogP contribution is -2.48. The minimum Gasteiger partial charge on any atom is -0.325 e. The molecule has 1 aliphatic carbocycles. The smallest absolute Gasteiger partial charge is 0.231 e. The molecule has 0 bridgehead atoms. The Morgan fingerprint density at radius 2 is 2.06 bits per heavy atom. The molecule has 0 unspecified atom stereocenters. The largest absolute Gasteiger partial charge is 0.325 e. The normalized spacial score (nSPS) is 17.1. The molecule has 1 saturated carbocycles. The van der Waals surface area contributed by atoms with Crippen molar-refractivity contribution >= 4 is 11.6 Å². The maximum absolute atomic E-state index is 12.4. The molecule has 1 aliphatic rings. The van der Waals surface area contributed by atoms with Gasteiger partial charge in [-0.2, -0.15) is 0 Å². The van der Waals surface area contributed by atoms with Gasteiger partial charge in [0.15, 0.2) is 0 Å². The molecule has 0 saturated heterocycles. The van der Waals surface area contributed by atoms with Gasteiger partial charge < -0.3 is 10.6 Å². The molecule has 0 aromatic heterocycles. The number of hydrogen-bond donors (Lipinski definition) is 2. The van der Waals surface area contributed by atoms with E-state index < -0.39 is 0 Å². The van der Waals surface area contributed by atoms with E-state index >= 15 is 0 Å². The third-order valence-corrected chi connectivity index (χ3v) is 3.95. The van der Waals surface area contributed by atoms with Crippen LogP contribution in [0.2, 0.25) is 0 Å². The second-order valence-electron chi connectivity index (χ2n) is 5.44. The summed E-state index contributed by atoms with van der Waals surface area (Å²) in [6, 6.07) is 6.16. The average Bonchev–Trinajstić information content (AvgIpc) is 2.28. The maximum Gasteiger partial charge on any atom is 0.231 e. The Bertz CT molecular complexity index is 450. The molecule has 2 N–H and O–H groups in total. The van der Waals surface area contributed by atoms with Gasteiger partial charge in [0.1, 0.15) is 0 Å². The number of hydrogen-bond acceptors (Lipinski definition) is 2. The number of benzene rings is 1. The molecule has 3 heteroatoms. The average molecular weight is 246 g/mol. The number of anilines is 1. The van der Waals surface area contributed by atoms with Crippen LogP contribution in [0.5, 0.6) is 0 Å². The first-order chi connectivity index (χ1) is 8.57. The van der Waals surface area contributed by atoms with Gasteiger partial charge in [0.05, 0.1) is 5.41 Å². The van der Waals surface area contributed by atoms with Crippen LogP contribution in [0.1, 0.15) is 30.4 Å². The van der Waals surface area contributed by atoms with Crippen LogP contribution in [0.15, 0.2) is 18.2 Å². The van der Waals surface area contributed by atoms with Crippen LogP contribution in [-0.2, 0) is 4.79 Å². The number of carbonyl (C=O) groups is 1. The Hall–Kier alpha value is -1.35. The summed E-state index contributed by atoms with van der Waals surface area (Å²) in [4.78, 5) is 12.4. The van der Waals surface area contributed by atoms with Crippen molar-refractivity contribution in [3.8, 4) is 0 Å². The highest BCUT2D eigenvalue weighted by atomic mass is 16.2. The van der Waals surface area contributed by atoms with Gasteiger partial charge in [-0.25, -0.2) is 0 Å². The highest BCUT2D eigenvalue weighted by molar-refractivity contribution is 5.96. The van der Waals surface area contributed by atoms with E-state index in [0.717, 1.165) is 37.1 Å². The van der Waals surface area contributed by atoms with Crippen molar-refractivity contribution in [2.45, 2.75) is 33.1 Å². The van der Waals surface area contributed by atoms with Gasteiger partial charge in [-0.05, 0) is 50.9 Å². The van der Waals surface area contributed by atoms with Crippen LogP contribution in [0.4, 0.5) is 5.69 Å². The monoisotopic (exact) mass is 246 g/mol. The molecule has 3 nitrogen and oxygen atoms in total. The lowest BCUT2D eigenvalue weighted by Gasteiger charge is -2.40. The number of amides is 1. The van der Waals surface area contributed by atoms with E-state index in [1.165, 1.54) is 5.56 Å². The summed E-state index contributed by atoms with van der Waals surface area (Å²) in [5, 5.41) is 6.24. The minimum absolute atomic E-state index is 0.164. The summed E-state index contributed by atoms with van der Waals surface area (Å²) in [6.07, 6.45) is 3.14. The Labute approximate surface area is 109 Å². The molecular formula is C15H22N2O. The fourth-order valence-corrected chi connectivity index (χ4v) is 2.55. The van der Waals surface area contributed by atoms with Crippen LogP contribution < -0.4 is 10.6 Å². The highest BCUT2D eigenvalue weighted by Gasteiger charge is 2.43. The van der Waals surface area contributed by atoms with E-state index in [0.29, 0.717) is 0 Å². The van der Waals surface area contributed by atoms with E-state index in [9.17, 15) is 4.79 Å². The van der Waals surface area contributed by atoms with Crippen LogP contribution in [0.3, 0.4) is 0 Å². The van der Waals surface area contributed by atoms with Gasteiger partial charge >= 0.3 is 0 Å². The first-order valence-electron chi connectivity index (χ1n) is 6.61. The summed E-state index contributed by atoms with van der Waals surface area (Å²) >= 11 is 0. The SMILES string of the molecule is CNCC1(C(=O)Nc2cc(C)ccc2C)CCC1. The van der Waals surface area contributed by atoms with Gasteiger partial charge in [-0.1, -0.05) is 18.6 Å². The molecular weight excluding hydrogens is 224 g/mol. The zero-order chi connectivity index (χ0) is 13.2. The molecule has 2 rings (SSSR count). The quantitative estimate of drug-likeness (QED) is 0.857. The van der Waals surface area contributed by atoms with Gasteiger partial charge in [-0.15, -0.1) is 0 Å². The summed E-state index contributed by atoms with van der Waals surface area (Å²) in [7, 11) is 1.91. The van der Waals surface area contributed by atoms with Crippen LogP contribution >= 0.6 is 0 Å². The Balaban J connectivity index is 2.13. The second-order valence-corrected chi connectivity index (χ2v) is 5.44. The van der Waals surface area contributed by atoms with Crippen molar-refractivity contribution in [2.75, 3.05) is 18.9 Å². The van der Waals surface area contributed by atoms with Crippen molar-refractivity contribution < 1.29 is 4.79 Å². The first-order valence-corrected chi connectivity index (χ1v) is 6.61. The molecule has 0 atom stereocenters. The number of nitrogens with one attached hydrogen (secondary N) is 2. The second kappa shape index (κ2) is 5.11. The molecule has 1 amide bonds. The summed E-state index contributed by atoms with van der Waals surface area (Å²) < 4.78 is 0. The van der Waals surface area contributed by atoms with Crippen molar-refractivity contribution in [1.29, 1.82) is 0 Å².